The average Bonchev–Trinajstić information content (AvgIpc) is 2.20. The molecule has 1 aromatic rings. The van der Waals surface area contributed by atoms with Crippen LogP contribution in [-0.4, -0.2) is 28.7 Å². The highest BCUT2D eigenvalue weighted by Gasteiger charge is 2.15. The van der Waals surface area contributed by atoms with E-state index in [9.17, 15) is 14.7 Å². The Kier molecular flexibility index (Phi) is 3.25. The number of nitrogens with two attached hydrogens (primary N) is 1. The lowest BCUT2D eigenvalue weighted by Crippen LogP contribution is -2.19. The number of benzene rings is 1. The lowest BCUT2D eigenvalue weighted by atomic mass is 10.2. The van der Waals surface area contributed by atoms with Crippen molar-refractivity contribution in [1.82, 2.24) is 0 Å². The van der Waals surface area contributed by atoms with E-state index in [0.717, 1.165) is 0 Å². The van der Waals surface area contributed by atoms with Gasteiger partial charge in [0.15, 0.2) is 11.5 Å². The van der Waals surface area contributed by atoms with Gasteiger partial charge in [0.05, 0.1) is 6.54 Å². The highest BCUT2D eigenvalue weighted by molar-refractivity contribution is 5.92. The minimum atomic E-state index is -1.31. The first kappa shape index (κ1) is 11.0. The van der Waals surface area contributed by atoms with Crippen molar-refractivity contribution in [3.63, 3.8) is 0 Å². The molecule has 0 heterocycles. The van der Waals surface area contributed by atoms with Crippen molar-refractivity contribution in [3.05, 3.63) is 23.8 Å². The van der Waals surface area contributed by atoms with Gasteiger partial charge in [-0.3, -0.25) is 4.79 Å². The molecule has 6 heteroatoms. The molecule has 0 aliphatic rings. The lowest BCUT2D eigenvalue weighted by Gasteiger charge is -2.06. The zero-order valence-corrected chi connectivity index (χ0v) is 7.64. The third-order valence-electron chi connectivity index (χ3n) is 1.62. The van der Waals surface area contributed by atoms with Gasteiger partial charge >= 0.3 is 11.9 Å². The van der Waals surface area contributed by atoms with Gasteiger partial charge in [0.2, 0.25) is 0 Å². The molecule has 0 aliphatic carbocycles. The molecule has 0 saturated heterocycles. The highest BCUT2D eigenvalue weighted by Crippen LogP contribution is 2.29. The number of carbonyl (C=O) groups excluding carboxylic acids is 1. The molecular weight excluding hydrogens is 202 g/mol. The molecule has 1 rings (SSSR count). The molecule has 0 saturated carbocycles. The molecule has 0 radical (unpaired) electrons. The maximum Gasteiger partial charge on any atom is 0.339 e. The van der Waals surface area contributed by atoms with Crippen LogP contribution in [0.15, 0.2) is 18.2 Å². The van der Waals surface area contributed by atoms with Crippen LogP contribution in [0.4, 0.5) is 0 Å². The molecule has 0 spiro atoms. The first-order chi connectivity index (χ1) is 7.06. The fourth-order valence-electron chi connectivity index (χ4n) is 0.942. The summed E-state index contributed by atoms with van der Waals surface area (Å²) in [5.74, 6) is -2.87. The number of aromatic hydroxyl groups is 1. The normalized spacial score (nSPS) is 9.67. The molecule has 0 fully saturated rings. The molecule has 0 bridgehead atoms. The molecule has 1 aromatic carbocycles. The third kappa shape index (κ3) is 2.44. The van der Waals surface area contributed by atoms with Crippen molar-refractivity contribution in [1.29, 1.82) is 0 Å². The summed E-state index contributed by atoms with van der Waals surface area (Å²) in [5.41, 5.74) is 4.66. The number of esters is 1. The molecule has 80 valence electrons. The Morgan fingerprint density at radius 3 is 2.60 bits per heavy atom. The Balaban J connectivity index is 3.04. The number of carbonyl (C=O) groups is 2. The van der Waals surface area contributed by atoms with Gasteiger partial charge in [-0.25, -0.2) is 4.79 Å². The zero-order chi connectivity index (χ0) is 11.4. The van der Waals surface area contributed by atoms with Gasteiger partial charge in [0.1, 0.15) is 5.56 Å². The van der Waals surface area contributed by atoms with Gasteiger partial charge in [-0.1, -0.05) is 6.07 Å². The molecule has 4 N–H and O–H groups in total. The van der Waals surface area contributed by atoms with Crippen LogP contribution < -0.4 is 10.5 Å². The molecular formula is C9H9NO5. The summed E-state index contributed by atoms with van der Waals surface area (Å²) in [4.78, 5) is 21.4. The number of hydrogen-bond acceptors (Lipinski definition) is 5. The van der Waals surface area contributed by atoms with Gasteiger partial charge in [-0.2, -0.15) is 0 Å². The minimum Gasteiger partial charge on any atom is -0.504 e. The van der Waals surface area contributed by atoms with Crippen molar-refractivity contribution in [2.45, 2.75) is 0 Å². The number of ether oxygens (including phenoxy) is 1. The summed E-state index contributed by atoms with van der Waals surface area (Å²) in [5, 5.41) is 18.1. The fourth-order valence-corrected chi connectivity index (χ4v) is 0.942. The molecule has 0 aromatic heterocycles. The van der Waals surface area contributed by atoms with E-state index in [1.165, 1.54) is 18.2 Å². The van der Waals surface area contributed by atoms with Gasteiger partial charge in [-0.15, -0.1) is 0 Å². The van der Waals surface area contributed by atoms with Crippen LogP contribution in [0, 0.1) is 0 Å². The van der Waals surface area contributed by atoms with Crippen LogP contribution in [0.25, 0.3) is 0 Å². The summed E-state index contributed by atoms with van der Waals surface area (Å²) in [6.07, 6.45) is 0. The molecule has 0 aliphatic heterocycles. The molecule has 6 nitrogen and oxygen atoms in total. The predicted octanol–water partition coefficient (Wildman–Crippen LogP) is -0.0455. The van der Waals surface area contributed by atoms with Crippen LogP contribution in [0.3, 0.4) is 0 Å². The monoisotopic (exact) mass is 211 g/mol. The largest absolute Gasteiger partial charge is 0.504 e. The summed E-state index contributed by atoms with van der Waals surface area (Å²) in [6, 6.07) is 3.81. The SMILES string of the molecule is NCC(=O)Oc1cccc(C(=O)O)c1O. The summed E-state index contributed by atoms with van der Waals surface area (Å²) >= 11 is 0. The molecule has 0 atom stereocenters. The quantitative estimate of drug-likeness (QED) is 0.477. The van der Waals surface area contributed by atoms with Crippen LogP contribution in [-0.2, 0) is 4.79 Å². The molecule has 0 unspecified atom stereocenters. The second-order valence-corrected chi connectivity index (χ2v) is 2.64. The van der Waals surface area contributed by atoms with E-state index in [0.29, 0.717) is 0 Å². The number of phenols is 1. The number of hydrogen-bond donors (Lipinski definition) is 3. The van der Waals surface area contributed by atoms with Gasteiger partial charge in [0, 0.05) is 0 Å². The third-order valence-corrected chi connectivity index (χ3v) is 1.62. The lowest BCUT2D eigenvalue weighted by molar-refractivity contribution is -0.132. The predicted molar refractivity (Wildman–Crippen MR) is 49.8 cm³/mol. The second-order valence-electron chi connectivity index (χ2n) is 2.64. The second kappa shape index (κ2) is 4.43. The first-order valence-electron chi connectivity index (χ1n) is 4.02. The fraction of sp³-hybridized carbons (Fsp3) is 0.111. The van der Waals surface area contributed by atoms with Gasteiger partial charge < -0.3 is 20.7 Å². The van der Waals surface area contributed by atoms with Crippen molar-refractivity contribution in [2.24, 2.45) is 5.73 Å². The number of aromatic carboxylic acids is 1. The highest BCUT2D eigenvalue weighted by atomic mass is 16.5. The van der Waals surface area contributed by atoms with Gasteiger partial charge in [0.25, 0.3) is 0 Å². The number of para-hydroxylation sites is 1. The topological polar surface area (TPSA) is 110 Å². The van der Waals surface area contributed by atoms with Crippen molar-refractivity contribution in [3.8, 4) is 11.5 Å². The first-order valence-corrected chi connectivity index (χ1v) is 4.02. The summed E-state index contributed by atoms with van der Waals surface area (Å²) in [7, 11) is 0. The van der Waals surface area contributed by atoms with E-state index in [-0.39, 0.29) is 17.9 Å². The van der Waals surface area contributed by atoms with E-state index in [1.807, 2.05) is 0 Å². The van der Waals surface area contributed by atoms with Crippen molar-refractivity contribution in [2.75, 3.05) is 6.54 Å². The Morgan fingerprint density at radius 2 is 2.07 bits per heavy atom. The molecule has 0 amide bonds. The van der Waals surface area contributed by atoms with E-state index in [4.69, 9.17) is 10.8 Å². The number of carboxylic acids is 1. The van der Waals surface area contributed by atoms with E-state index < -0.39 is 17.7 Å². The van der Waals surface area contributed by atoms with Crippen molar-refractivity contribution < 1.29 is 24.5 Å². The smallest absolute Gasteiger partial charge is 0.339 e. The van der Waals surface area contributed by atoms with Crippen LogP contribution in [0.2, 0.25) is 0 Å². The Morgan fingerprint density at radius 1 is 1.40 bits per heavy atom. The van der Waals surface area contributed by atoms with Crippen LogP contribution in [0.5, 0.6) is 11.5 Å². The number of rotatable bonds is 3. The zero-order valence-electron chi connectivity index (χ0n) is 7.64. The number of carboxylic acid groups (broad SMARTS) is 1. The van der Waals surface area contributed by atoms with Crippen molar-refractivity contribution >= 4 is 11.9 Å². The Hall–Kier alpha value is -2.08. The maximum atomic E-state index is 10.8. The minimum absolute atomic E-state index is 0.217. The van der Waals surface area contributed by atoms with Gasteiger partial charge in [-0.05, 0) is 12.1 Å². The standard InChI is InChI=1S/C9H9NO5/c10-4-7(11)15-6-3-1-2-5(8(6)12)9(13)14/h1-3,12H,4,10H2,(H,13,14). The summed E-state index contributed by atoms with van der Waals surface area (Å²) < 4.78 is 4.61. The van der Waals surface area contributed by atoms with E-state index in [1.54, 1.807) is 0 Å². The van der Waals surface area contributed by atoms with E-state index in [2.05, 4.69) is 4.74 Å². The average molecular weight is 211 g/mol. The van der Waals surface area contributed by atoms with E-state index >= 15 is 0 Å². The van der Waals surface area contributed by atoms with Crippen LogP contribution in [0.1, 0.15) is 10.4 Å². The Bertz CT molecular complexity index is 401. The Labute approximate surface area is 84.9 Å². The molecule has 15 heavy (non-hydrogen) atoms. The van der Waals surface area contributed by atoms with Crippen LogP contribution >= 0.6 is 0 Å². The summed E-state index contributed by atoms with van der Waals surface area (Å²) in [6.45, 7) is -0.350. The maximum absolute atomic E-state index is 10.8.